The van der Waals surface area contributed by atoms with E-state index in [1.165, 1.54) is 0 Å². The fourth-order valence-electron chi connectivity index (χ4n) is 1.31. The van der Waals surface area contributed by atoms with Crippen molar-refractivity contribution in [2.75, 3.05) is 6.61 Å². The smallest absolute Gasteiger partial charge is 0.390 e. The Hall–Kier alpha value is -1.10. The van der Waals surface area contributed by atoms with Crippen LogP contribution in [0.25, 0.3) is 0 Å². The lowest BCUT2D eigenvalue weighted by Crippen LogP contribution is -2.11. The topological polar surface area (TPSA) is 68.1 Å². The molecular formula is C7H10N2O3. The van der Waals surface area contributed by atoms with Crippen LogP contribution < -0.4 is 5.76 Å². The number of hydrogen-bond acceptors (Lipinski definition) is 4. The number of nitrogens with zero attached hydrogens (tertiary/aromatic N) is 1. The van der Waals surface area contributed by atoms with Gasteiger partial charge in [0.2, 0.25) is 5.89 Å². The maximum absolute atomic E-state index is 10.6. The Balaban J connectivity index is 2.13. The number of rotatable bonds is 1. The molecule has 0 bridgehead atoms. The van der Waals surface area contributed by atoms with E-state index in [1.807, 2.05) is 0 Å². The molecule has 12 heavy (non-hydrogen) atoms. The highest BCUT2D eigenvalue weighted by atomic mass is 16.5. The van der Waals surface area contributed by atoms with Gasteiger partial charge in [0, 0.05) is 6.61 Å². The van der Waals surface area contributed by atoms with Crippen molar-refractivity contribution in [3.63, 3.8) is 0 Å². The van der Waals surface area contributed by atoms with Gasteiger partial charge in [-0.25, -0.2) is 9.89 Å². The van der Waals surface area contributed by atoms with Gasteiger partial charge in [-0.3, -0.25) is 0 Å². The molecule has 66 valence electrons. The molecule has 0 amide bonds. The van der Waals surface area contributed by atoms with Crippen LogP contribution in [0.4, 0.5) is 0 Å². The molecule has 1 atom stereocenters. The summed E-state index contributed by atoms with van der Waals surface area (Å²) in [7, 11) is 0. The minimum Gasteiger partial charge on any atom is -0.390 e. The molecule has 0 radical (unpaired) electrons. The average molecular weight is 170 g/mol. The van der Waals surface area contributed by atoms with Gasteiger partial charge >= 0.3 is 5.76 Å². The van der Waals surface area contributed by atoms with Gasteiger partial charge in [0.25, 0.3) is 0 Å². The Bertz CT molecular complexity index is 298. The quantitative estimate of drug-likeness (QED) is 0.670. The predicted molar refractivity (Wildman–Crippen MR) is 39.7 cm³/mol. The zero-order chi connectivity index (χ0) is 8.39. The molecule has 1 aromatic heterocycles. The van der Waals surface area contributed by atoms with Gasteiger partial charge in [0.05, 0.1) is 0 Å². The third kappa shape index (κ3) is 1.40. The summed E-state index contributed by atoms with van der Waals surface area (Å²) in [5, 5.41) is 5.92. The van der Waals surface area contributed by atoms with E-state index in [1.54, 1.807) is 0 Å². The van der Waals surface area contributed by atoms with Crippen molar-refractivity contribution in [2.45, 2.75) is 25.4 Å². The molecule has 1 saturated heterocycles. The second-order valence-electron chi connectivity index (χ2n) is 2.81. The van der Waals surface area contributed by atoms with E-state index in [0.29, 0.717) is 5.89 Å². The van der Waals surface area contributed by atoms with Crippen LogP contribution >= 0.6 is 0 Å². The molecule has 2 rings (SSSR count). The summed E-state index contributed by atoms with van der Waals surface area (Å²) in [4.78, 5) is 10.6. The van der Waals surface area contributed by atoms with Crippen LogP contribution in [0, 0.1) is 0 Å². The highest BCUT2D eigenvalue weighted by Gasteiger charge is 2.20. The number of aromatic amines is 1. The number of ether oxygens (including phenoxy) is 1. The van der Waals surface area contributed by atoms with Crippen molar-refractivity contribution >= 4 is 0 Å². The van der Waals surface area contributed by atoms with E-state index >= 15 is 0 Å². The van der Waals surface area contributed by atoms with E-state index in [2.05, 4.69) is 10.2 Å². The van der Waals surface area contributed by atoms with Crippen LogP contribution in [0.1, 0.15) is 31.3 Å². The Kier molecular flexibility index (Phi) is 1.95. The van der Waals surface area contributed by atoms with Crippen molar-refractivity contribution < 1.29 is 9.15 Å². The fourth-order valence-corrected chi connectivity index (χ4v) is 1.31. The maximum atomic E-state index is 10.6. The lowest BCUT2D eigenvalue weighted by atomic mass is 10.1. The third-order valence-electron chi connectivity index (χ3n) is 1.91. The minimum absolute atomic E-state index is 0.127. The molecule has 1 aliphatic rings. The van der Waals surface area contributed by atoms with Gasteiger partial charge in [-0.05, 0) is 19.3 Å². The summed E-state index contributed by atoms with van der Waals surface area (Å²) in [5.74, 6) is -0.140. The Morgan fingerprint density at radius 2 is 2.42 bits per heavy atom. The largest absolute Gasteiger partial charge is 0.434 e. The Morgan fingerprint density at radius 3 is 3.00 bits per heavy atom. The first kappa shape index (κ1) is 7.54. The highest BCUT2D eigenvalue weighted by molar-refractivity contribution is 4.83. The summed E-state index contributed by atoms with van der Waals surface area (Å²) in [6, 6.07) is 0. The van der Waals surface area contributed by atoms with Crippen molar-refractivity contribution in [3.05, 3.63) is 16.4 Å². The molecule has 5 heteroatoms. The van der Waals surface area contributed by atoms with Crippen molar-refractivity contribution in [1.29, 1.82) is 0 Å². The van der Waals surface area contributed by atoms with E-state index in [-0.39, 0.29) is 6.10 Å². The molecule has 0 aromatic carbocycles. The molecule has 1 unspecified atom stereocenters. The second kappa shape index (κ2) is 3.10. The first-order valence-electron chi connectivity index (χ1n) is 4.03. The van der Waals surface area contributed by atoms with E-state index in [0.717, 1.165) is 25.9 Å². The van der Waals surface area contributed by atoms with E-state index in [9.17, 15) is 4.79 Å². The number of nitrogens with one attached hydrogen (secondary N) is 1. The van der Waals surface area contributed by atoms with Crippen LogP contribution in [0.5, 0.6) is 0 Å². The second-order valence-corrected chi connectivity index (χ2v) is 2.81. The maximum Gasteiger partial charge on any atom is 0.434 e. The summed E-state index contributed by atoms with van der Waals surface area (Å²) in [6.07, 6.45) is 2.93. The molecule has 1 aromatic rings. The first-order valence-corrected chi connectivity index (χ1v) is 4.03. The van der Waals surface area contributed by atoms with Gasteiger partial charge in [0.15, 0.2) is 0 Å². The predicted octanol–water partition coefficient (Wildman–Crippen LogP) is 0.604. The zero-order valence-electron chi connectivity index (χ0n) is 6.58. The van der Waals surface area contributed by atoms with Gasteiger partial charge in [0.1, 0.15) is 6.10 Å². The van der Waals surface area contributed by atoms with Crippen molar-refractivity contribution in [1.82, 2.24) is 10.2 Å². The van der Waals surface area contributed by atoms with Gasteiger partial charge < -0.3 is 9.15 Å². The standard InChI is InChI=1S/C7H10N2O3/c10-7-9-8-6(12-7)5-3-1-2-4-11-5/h5H,1-4H2,(H,9,10). The van der Waals surface area contributed by atoms with Gasteiger partial charge in [-0.1, -0.05) is 0 Å². The summed E-state index contributed by atoms with van der Waals surface area (Å²) in [5.41, 5.74) is 0. The van der Waals surface area contributed by atoms with Crippen molar-refractivity contribution in [2.24, 2.45) is 0 Å². The monoisotopic (exact) mass is 170 g/mol. The lowest BCUT2D eigenvalue weighted by molar-refractivity contribution is -0.00217. The fraction of sp³-hybridized carbons (Fsp3) is 0.714. The molecular weight excluding hydrogens is 160 g/mol. The lowest BCUT2D eigenvalue weighted by Gasteiger charge is -2.18. The number of hydrogen-bond donors (Lipinski definition) is 1. The first-order chi connectivity index (χ1) is 5.86. The van der Waals surface area contributed by atoms with Crippen LogP contribution in [0.15, 0.2) is 9.21 Å². The van der Waals surface area contributed by atoms with Crippen LogP contribution in [0.2, 0.25) is 0 Å². The summed E-state index contributed by atoms with van der Waals surface area (Å²) < 4.78 is 10.1. The van der Waals surface area contributed by atoms with E-state index in [4.69, 9.17) is 9.15 Å². The van der Waals surface area contributed by atoms with Crippen LogP contribution in [0.3, 0.4) is 0 Å². The van der Waals surface area contributed by atoms with Gasteiger partial charge in [-0.2, -0.15) is 0 Å². The minimum atomic E-state index is -0.515. The molecule has 1 fully saturated rings. The van der Waals surface area contributed by atoms with Gasteiger partial charge in [-0.15, -0.1) is 5.10 Å². The molecule has 1 N–H and O–H groups in total. The molecule has 1 aliphatic heterocycles. The zero-order valence-corrected chi connectivity index (χ0v) is 6.58. The Morgan fingerprint density at radius 1 is 1.50 bits per heavy atom. The highest BCUT2D eigenvalue weighted by Crippen LogP contribution is 2.24. The molecule has 0 aliphatic carbocycles. The molecule has 0 saturated carbocycles. The third-order valence-corrected chi connectivity index (χ3v) is 1.91. The van der Waals surface area contributed by atoms with Crippen LogP contribution in [-0.2, 0) is 4.74 Å². The number of H-pyrrole nitrogens is 1. The van der Waals surface area contributed by atoms with Crippen LogP contribution in [-0.4, -0.2) is 16.8 Å². The van der Waals surface area contributed by atoms with Crippen molar-refractivity contribution in [3.8, 4) is 0 Å². The Labute approximate surface area is 68.7 Å². The summed E-state index contributed by atoms with van der Waals surface area (Å²) in [6.45, 7) is 0.723. The SMILES string of the molecule is O=c1[nH]nc(C2CCCCO2)o1. The van der Waals surface area contributed by atoms with E-state index < -0.39 is 5.76 Å². The molecule has 0 spiro atoms. The average Bonchev–Trinajstić information content (AvgIpc) is 2.54. The number of aromatic nitrogens is 2. The molecule has 5 nitrogen and oxygen atoms in total. The normalized spacial score (nSPS) is 24.2. The summed E-state index contributed by atoms with van der Waals surface area (Å²) >= 11 is 0. The molecule has 2 heterocycles.